The number of fused-ring (bicyclic) bond motifs is 2. The van der Waals surface area contributed by atoms with Crippen LogP contribution < -0.4 is 5.56 Å². The van der Waals surface area contributed by atoms with Crippen molar-refractivity contribution in [1.29, 1.82) is 0 Å². The van der Waals surface area contributed by atoms with E-state index in [1.54, 1.807) is 24.4 Å². The van der Waals surface area contributed by atoms with Crippen molar-refractivity contribution in [3.63, 3.8) is 0 Å². The maximum atomic E-state index is 12.3. The summed E-state index contributed by atoms with van der Waals surface area (Å²) in [5.74, 6) is 0. The Kier molecular flexibility index (Phi) is 3.71. The van der Waals surface area contributed by atoms with E-state index in [1.807, 2.05) is 11.3 Å². The number of hydrogen-bond acceptors (Lipinski definition) is 4. The third-order valence-corrected chi connectivity index (χ3v) is 5.67. The summed E-state index contributed by atoms with van der Waals surface area (Å²) < 4.78 is 1.49. The molecular weight excluding hydrogens is 330 g/mol. The largest absolute Gasteiger partial charge is 0.290 e. The van der Waals surface area contributed by atoms with E-state index < -0.39 is 0 Å². The molecule has 1 unspecified atom stereocenters. The van der Waals surface area contributed by atoms with Crippen molar-refractivity contribution in [3.05, 3.63) is 67.4 Å². The molecule has 0 spiro atoms. The van der Waals surface area contributed by atoms with Gasteiger partial charge in [-0.2, -0.15) is 0 Å². The smallest absolute Gasteiger partial charge is 0.258 e. The summed E-state index contributed by atoms with van der Waals surface area (Å²) in [6.07, 6.45) is 2.68. The Morgan fingerprint density at radius 1 is 1.39 bits per heavy atom. The van der Waals surface area contributed by atoms with Crippen LogP contribution in [0.15, 0.2) is 40.6 Å². The Balaban J connectivity index is 1.66. The van der Waals surface area contributed by atoms with Gasteiger partial charge < -0.3 is 0 Å². The zero-order valence-electron chi connectivity index (χ0n) is 12.7. The molecule has 0 saturated heterocycles. The Hall–Kier alpha value is -1.69. The molecule has 4 rings (SSSR count). The van der Waals surface area contributed by atoms with Gasteiger partial charge in [-0.05, 0) is 42.5 Å². The number of pyridine rings is 1. The SMILES string of the molecule is CC1c2ccsc2CCN1Cc1cc(=O)n2cc(Cl)ccc2n1. The monoisotopic (exact) mass is 345 g/mol. The van der Waals surface area contributed by atoms with E-state index in [0.717, 1.165) is 18.7 Å². The third kappa shape index (κ3) is 2.69. The minimum absolute atomic E-state index is 0.0895. The average molecular weight is 346 g/mol. The zero-order valence-corrected chi connectivity index (χ0v) is 14.3. The molecule has 3 aromatic rings. The Labute approximate surface area is 143 Å². The Morgan fingerprint density at radius 2 is 2.26 bits per heavy atom. The fraction of sp³-hybridized carbons (Fsp3) is 0.294. The third-order valence-electron chi connectivity index (χ3n) is 4.45. The van der Waals surface area contributed by atoms with Crippen molar-refractivity contribution < 1.29 is 0 Å². The first-order chi connectivity index (χ1) is 11.1. The molecule has 0 N–H and O–H groups in total. The number of halogens is 1. The fourth-order valence-corrected chi connectivity index (χ4v) is 4.32. The summed E-state index contributed by atoms with van der Waals surface area (Å²) in [5.41, 5.74) is 2.76. The van der Waals surface area contributed by atoms with Gasteiger partial charge in [-0.1, -0.05) is 11.6 Å². The average Bonchev–Trinajstić information content (AvgIpc) is 3.00. The van der Waals surface area contributed by atoms with Crippen LogP contribution in [0.5, 0.6) is 0 Å². The predicted molar refractivity (Wildman–Crippen MR) is 93.3 cm³/mol. The summed E-state index contributed by atoms with van der Waals surface area (Å²) in [4.78, 5) is 20.8. The molecular formula is C17H16ClN3OS. The van der Waals surface area contributed by atoms with Gasteiger partial charge in [-0.3, -0.25) is 14.1 Å². The predicted octanol–water partition coefficient (Wildman–Crippen LogP) is 3.53. The molecule has 23 heavy (non-hydrogen) atoms. The van der Waals surface area contributed by atoms with E-state index in [1.165, 1.54) is 14.8 Å². The van der Waals surface area contributed by atoms with Gasteiger partial charge in [0.1, 0.15) is 5.65 Å². The summed E-state index contributed by atoms with van der Waals surface area (Å²) in [6, 6.07) is 7.72. The highest BCUT2D eigenvalue weighted by Crippen LogP contribution is 2.33. The molecule has 3 aromatic heterocycles. The van der Waals surface area contributed by atoms with E-state index in [0.29, 0.717) is 23.3 Å². The standard InChI is InChI=1S/C17H16ClN3OS/c1-11-14-5-7-23-15(14)4-6-20(11)10-13-8-17(22)21-9-12(18)2-3-16(21)19-13/h2-3,5,7-9,11H,4,6,10H2,1H3. The van der Waals surface area contributed by atoms with Crippen LogP contribution in [0.2, 0.25) is 5.02 Å². The van der Waals surface area contributed by atoms with Crippen LogP contribution in [0.3, 0.4) is 0 Å². The van der Waals surface area contributed by atoms with E-state index in [2.05, 4.69) is 28.3 Å². The summed E-state index contributed by atoms with van der Waals surface area (Å²) in [5, 5.41) is 2.69. The van der Waals surface area contributed by atoms with Crippen LogP contribution in [-0.2, 0) is 13.0 Å². The molecule has 1 aliphatic rings. The van der Waals surface area contributed by atoms with E-state index >= 15 is 0 Å². The number of nitrogens with zero attached hydrogens (tertiary/aromatic N) is 3. The van der Waals surface area contributed by atoms with Gasteiger partial charge in [-0.15, -0.1) is 11.3 Å². The van der Waals surface area contributed by atoms with Crippen LogP contribution in [0.25, 0.3) is 5.65 Å². The molecule has 1 aliphatic heterocycles. The van der Waals surface area contributed by atoms with Crippen LogP contribution in [0.1, 0.15) is 29.1 Å². The molecule has 0 aliphatic carbocycles. The van der Waals surface area contributed by atoms with Crippen LogP contribution in [0.4, 0.5) is 0 Å². The zero-order chi connectivity index (χ0) is 16.0. The lowest BCUT2D eigenvalue weighted by atomic mass is 10.0. The normalized spacial score (nSPS) is 18.3. The molecule has 1 atom stereocenters. The highest BCUT2D eigenvalue weighted by atomic mass is 35.5. The molecule has 6 heteroatoms. The minimum atomic E-state index is -0.0895. The summed E-state index contributed by atoms with van der Waals surface area (Å²) in [6.45, 7) is 3.90. The molecule has 0 aromatic carbocycles. The first-order valence-electron chi connectivity index (χ1n) is 7.60. The van der Waals surface area contributed by atoms with E-state index in [-0.39, 0.29) is 5.56 Å². The molecule has 0 fully saturated rings. The molecule has 4 nitrogen and oxygen atoms in total. The second kappa shape index (κ2) is 5.74. The van der Waals surface area contributed by atoms with Gasteiger partial charge in [-0.25, -0.2) is 4.98 Å². The number of rotatable bonds is 2. The van der Waals surface area contributed by atoms with Gasteiger partial charge >= 0.3 is 0 Å². The Morgan fingerprint density at radius 3 is 3.13 bits per heavy atom. The van der Waals surface area contributed by atoms with Crippen molar-refractivity contribution >= 4 is 28.6 Å². The topological polar surface area (TPSA) is 37.6 Å². The second-order valence-electron chi connectivity index (χ2n) is 5.86. The van der Waals surface area contributed by atoms with Gasteiger partial charge in [0.15, 0.2) is 0 Å². The van der Waals surface area contributed by atoms with Crippen molar-refractivity contribution in [2.75, 3.05) is 6.54 Å². The summed E-state index contributed by atoms with van der Waals surface area (Å²) in [7, 11) is 0. The highest BCUT2D eigenvalue weighted by Gasteiger charge is 2.25. The number of hydrogen-bond donors (Lipinski definition) is 0. The first-order valence-corrected chi connectivity index (χ1v) is 8.86. The van der Waals surface area contributed by atoms with Crippen LogP contribution in [0, 0.1) is 0 Å². The molecule has 0 radical (unpaired) electrons. The van der Waals surface area contributed by atoms with E-state index in [9.17, 15) is 4.79 Å². The van der Waals surface area contributed by atoms with Crippen molar-refractivity contribution in [3.8, 4) is 0 Å². The quantitative estimate of drug-likeness (QED) is 0.713. The van der Waals surface area contributed by atoms with Gasteiger partial charge in [0.2, 0.25) is 0 Å². The molecule has 0 amide bonds. The first kappa shape index (κ1) is 14.9. The molecule has 4 heterocycles. The minimum Gasteiger partial charge on any atom is -0.290 e. The molecule has 118 valence electrons. The van der Waals surface area contributed by atoms with Gasteiger partial charge in [0.05, 0.1) is 10.7 Å². The maximum absolute atomic E-state index is 12.3. The number of aromatic nitrogens is 2. The van der Waals surface area contributed by atoms with Gasteiger partial charge in [0.25, 0.3) is 5.56 Å². The maximum Gasteiger partial charge on any atom is 0.258 e. The lowest BCUT2D eigenvalue weighted by molar-refractivity contribution is 0.189. The van der Waals surface area contributed by atoms with Gasteiger partial charge in [0, 0.05) is 36.3 Å². The number of thiophene rings is 1. The van der Waals surface area contributed by atoms with Crippen molar-refractivity contribution in [1.82, 2.24) is 14.3 Å². The highest BCUT2D eigenvalue weighted by molar-refractivity contribution is 7.10. The van der Waals surface area contributed by atoms with E-state index in [4.69, 9.17) is 11.6 Å². The molecule has 0 saturated carbocycles. The van der Waals surface area contributed by atoms with Crippen molar-refractivity contribution in [2.24, 2.45) is 0 Å². The fourth-order valence-electron chi connectivity index (χ4n) is 3.19. The summed E-state index contributed by atoms with van der Waals surface area (Å²) >= 11 is 7.78. The lowest BCUT2D eigenvalue weighted by Gasteiger charge is -2.33. The Bertz CT molecular complexity index is 933. The van der Waals surface area contributed by atoms with Crippen LogP contribution >= 0.6 is 22.9 Å². The second-order valence-corrected chi connectivity index (χ2v) is 7.29. The molecule has 0 bridgehead atoms. The van der Waals surface area contributed by atoms with Crippen molar-refractivity contribution in [2.45, 2.75) is 25.9 Å². The lowest BCUT2D eigenvalue weighted by Crippen LogP contribution is -2.33. The van der Waals surface area contributed by atoms with Crippen LogP contribution in [-0.4, -0.2) is 20.8 Å².